The van der Waals surface area contributed by atoms with Crippen LogP contribution in [0.5, 0.6) is 0 Å². The van der Waals surface area contributed by atoms with E-state index in [9.17, 15) is 0 Å². The van der Waals surface area contributed by atoms with E-state index < -0.39 is 8.07 Å². The van der Waals surface area contributed by atoms with Gasteiger partial charge in [-0.25, -0.2) is 0 Å². The molecule has 0 spiro atoms. The molecule has 0 atom stereocenters. The van der Waals surface area contributed by atoms with Crippen LogP contribution in [-0.4, -0.2) is 13.1 Å². The van der Waals surface area contributed by atoms with Crippen molar-refractivity contribution in [1.29, 1.82) is 0 Å². The van der Waals surface area contributed by atoms with Crippen molar-refractivity contribution in [3.8, 4) is 22.4 Å². The van der Waals surface area contributed by atoms with Gasteiger partial charge >= 0.3 is 0 Å². The van der Waals surface area contributed by atoms with E-state index in [0.29, 0.717) is 0 Å². The number of nitrogens with zero attached hydrogens (tertiary/aromatic N) is 1. The van der Waals surface area contributed by atoms with Crippen molar-refractivity contribution in [2.45, 2.75) is 19.6 Å². The molecule has 164 valence electrons. The fourth-order valence-electron chi connectivity index (χ4n) is 4.93. The first-order valence-corrected chi connectivity index (χ1v) is 15.4. The summed E-state index contributed by atoms with van der Waals surface area (Å²) >= 11 is 0. The molecule has 2 heteroatoms. The third-order valence-electron chi connectivity index (χ3n) is 6.87. The van der Waals surface area contributed by atoms with E-state index in [2.05, 4.69) is 129 Å². The third kappa shape index (κ3) is 3.51. The van der Waals surface area contributed by atoms with E-state index >= 15 is 0 Å². The minimum atomic E-state index is -1.36. The first kappa shape index (κ1) is 20.8. The second-order valence-corrected chi connectivity index (χ2v) is 15.2. The van der Waals surface area contributed by atoms with E-state index in [0.717, 1.165) is 5.69 Å². The van der Waals surface area contributed by atoms with Crippen LogP contribution in [0.25, 0.3) is 54.7 Å². The number of aromatic nitrogens is 1. The average Bonchev–Trinajstić information content (AvgIpc) is 2.88. The molecule has 0 bridgehead atoms. The molecule has 34 heavy (non-hydrogen) atoms. The number of benzene rings is 5. The third-order valence-corrected chi connectivity index (χ3v) is 8.90. The maximum atomic E-state index is 4.85. The molecule has 0 saturated heterocycles. The van der Waals surface area contributed by atoms with Crippen molar-refractivity contribution in [1.82, 2.24) is 4.98 Å². The largest absolute Gasteiger partial charge is 0.256 e. The van der Waals surface area contributed by atoms with E-state index in [1.807, 2.05) is 0 Å². The lowest BCUT2D eigenvalue weighted by Crippen LogP contribution is -2.37. The Morgan fingerprint density at radius 1 is 0.471 bits per heavy atom. The Hall–Kier alpha value is -3.75. The predicted molar refractivity (Wildman–Crippen MR) is 151 cm³/mol. The van der Waals surface area contributed by atoms with Crippen LogP contribution in [0, 0.1) is 0 Å². The standard InChI is InChI=1S/C32H27NSi/c1-34(2,3)25-15-18-32(33-21-25)24-14-17-28-26-11-7-8-12-27(26)30-19-23(22-9-5-4-6-10-22)13-16-29(30)31(28)20-24/h4-21H,1-3H3. The van der Waals surface area contributed by atoms with Gasteiger partial charge < -0.3 is 0 Å². The molecule has 6 rings (SSSR count). The zero-order chi connectivity index (χ0) is 23.3. The molecule has 0 unspecified atom stereocenters. The quantitative estimate of drug-likeness (QED) is 0.193. The molecule has 1 nitrogen and oxygen atoms in total. The molecule has 0 N–H and O–H groups in total. The first-order valence-electron chi connectivity index (χ1n) is 11.9. The molecule has 0 aliphatic heterocycles. The molecule has 0 aliphatic carbocycles. The predicted octanol–water partition coefficient (Wildman–Crippen LogP) is 8.42. The monoisotopic (exact) mass is 453 g/mol. The molecule has 0 fully saturated rings. The van der Waals surface area contributed by atoms with Gasteiger partial charge in [-0.1, -0.05) is 105 Å². The Morgan fingerprint density at radius 2 is 1.03 bits per heavy atom. The van der Waals surface area contributed by atoms with Crippen LogP contribution in [-0.2, 0) is 0 Å². The lowest BCUT2D eigenvalue weighted by Gasteiger charge is -2.16. The van der Waals surface area contributed by atoms with Crippen LogP contribution >= 0.6 is 0 Å². The van der Waals surface area contributed by atoms with Crippen molar-refractivity contribution in [2.75, 3.05) is 0 Å². The topological polar surface area (TPSA) is 12.9 Å². The van der Waals surface area contributed by atoms with Crippen LogP contribution in [0.4, 0.5) is 0 Å². The van der Waals surface area contributed by atoms with Gasteiger partial charge in [0, 0.05) is 11.8 Å². The highest BCUT2D eigenvalue weighted by atomic mass is 28.3. The van der Waals surface area contributed by atoms with Gasteiger partial charge in [-0.15, -0.1) is 0 Å². The van der Waals surface area contributed by atoms with Gasteiger partial charge in [0.2, 0.25) is 0 Å². The fourth-order valence-corrected chi connectivity index (χ4v) is 5.97. The summed E-state index contributed by atoms with van der Waals surface area (Å²) in [5.41, 5.74) is 4.69. The number of pyridine rings is 1. The van der Waals surface area contributed by atoms with Gasteiger partial charge in [-0.3, -0.25) is 4.98 Å². The van der Waals surface area contributed by atoms with Gasteiger partial charge in [0.25, 0.3) is 0 Å². The van der Waals surface area contributed by atoms with Crippen LogP contribution in [0.3, 0.4) is 0 Å². The van der Waals surface area contributed by atoms with Gasteiger partial charge in [0.1, 0.15) is 0 Å². The van der Waals surface area contributed by atoms with E-state index in [-0.39, 0.29) is 0 Å². The van der Waals surface area contributed by atoms with E-state index in [4.69, 9.17) is 4.98 Å². The maximum Gasteiger partial charge on any atom is 0.0796 e. The fraction of sp³-hybridized carbons (Fsp3) is 0.0938. The van der Waals surface area contributed by atoms with Crippen LogP contribution in [0.2, 0.25) is 19.6 Å². The Bertz CT molecular complexity index is 1660. The minimum Gasteiger partial charge on any atom is -0.256 e. The summed E-state index contributed by atoms with van der Waals surface area (Å²) in [5.74, 6) is 0. The zero-order valence-electron chi connectivity index (χ0n) is 19.8. The maximum absolute atomic E-state index is 4.85. The summed E-state index contributed by atoms with van der Waals surface area (Å²) in [7, 11) is -1.36. The molecule has 1 aromatic heterocycles. The van der Waals surface area contributed by atoms with Crippen molar-refractivity contribution in [3.05, 3.63) is 109 Å². The minimum absolute atomic E-state index is 1.03. The summed E-state index contributed by atoms with van der Waals surface area (Å²) in [6.45, 7) is 7.09. The molecule has 6 aromatic rings. The van der Waals surface area contributed by atoms with Gasteiger partial charge in [0.05, 0.1) is 13.8 Å². The van der Waals surface area contributed by atoms with Crippen molar-refractivity contribution in [3.63, 3.8) is 0 Å². The summed E-state index contributed by atoms with van der Waals surface area (Å²) in [6.07, 6.45) is 2.08. The molecular formula is C32H27NSi. The Labute approximate surface area is 201 Å². The molecule has 0 amide bonds. The van der Waals surface area contributed by atoms with Gasteiger partial charge in [0.15, 0.2) is 0 Å². The highest BCUT2D eigenvalue weighted by molar-refractivity contribution is 6.88. The normalized spacial score (nSPS) is 12.0. The van der Waals surface area contributed by atoms with Crippen molar-refractivity contribution < 1.29 is 0 Å². The number of hydrogen-bond acceptors (Lipinski definition) is 1. The lowest BCUT2D eigenvalue weighted by molar-refractivity contribution is 1.34. The summed E-state index contributed by atoms with van der Waals surface area (Å²) in [6, 6.07) is 37.5. The van der Waals surface area contributed by atoms with Gasteiger partial charge in [-0.05, 0) is 66.8 Å². The smallest absolute Gasteiger partial charge is 0.0796 e. The number of fused-ring (bicyclic) bond motifs is 6. The first-order chi connectivity index (χ1) is 16.5. The van der Waals surface area contributed by atoms with Crippen molar-refractivity contribution >= 4 is 45.6 Å². The summed E-state index contributed by atoms with van der Waals surface area (Å²) < 4.78 is 0. The van der Waals surface area contributed by atoms with Crippen LogP contribution < -0.4 is 5.19 Å². The summed E-state index contributed by atoms with van der Waals surface area (Å²) in [5, 5.41) is 9.14. The molecule has 0 aliphatic rings. The zero-order valence-corrected chi connectivity index (χ0v) is 20.8. The molecule has 1 heterocycles. The summed E-state index contributed by atoms with van der Waals surface area (Å²) in [4.78, 5) is 4.85. The lowest BCUT2D eigenvalue weighted by atomic mass is 9.91. The Morgan fingerprint density at radius 3 is 1.68 bits per heavy atom. The number of hydrogen-bond donors (Lipinski definition) is 0. The Kier molecular flexibility index (Phi) is 4.86. The second-order valence-electron chi connectivity index (χ2n) is 10.1. The van der Waals surface area contributed by atoms with E-state index in [1.165, 1.54) is 54.2 Å². The van der Waals surface area contributed by atoms with E-state index in [1.54, 1.807) is 0 Å². The van der Waals surface area contributed by atoms with Crippen LogP contribution in [0.15, 0.2) is 109 Å². The SMILES string of the molecule is C[Si](C)(C)c1ccc(-c2ccc3c4ccccc4c4cc(-c5ccccc5)ccc4c3c2)nc1. The molecule has 0 radical (unpaired) electrons. The molecular weight excluding hydrogens is 426 g/mol. The number of rotatable bonds is 3. The second kappa shape index (κ2) is 7.93. The average molecular weight is 454 g/mol. The van der Waals surface area contributed by atoms with Gasteiger partial charge in [-0.2, -0.15) is 0 Å². The van der Waals surface area contributed by atoms with Crippen LogP contribution in [0.1, 0.15) is 0 Å². The van der Waals surface area contributed by atoms with Crippen molar-refractivity contribution in [2.24, 2.45) is 0 Å². The molecule has 5 aromatic carbocycles. The highest BCUT2D eigenvalue weighted by Gasteiger charge is 2.17. The molecule has 0 saturated carbocycles. The Balaban J connectivity index is 1.60. The highest BCUT2D eigenvalue weighted by Crippen LogP contribution is 2.38.